The first-order chi connectivity index (χ1) is 9.61. The molecule has 0 aliphatic heterocycles. The standard InChI is InChI=1S/C18H17ClO/c1-3-4-6-14-7-5-8-15(12-14)18(20)17-10-9-16(19)11-13(17)2/h3-5,7-12H,6H2,1-2H3. The Hall–Kier alpha value is -1.86. The lowest BCUT2D eigenvalue weighted by molar-refractivity contribution is 0.103. The van der Waals surface area contributed by atoms with Crippen molar-refractivity contribution in [2.75, 3.05) is 0 Å². The van der Waals surface area contributed by atoms with Crippen LogP contribution < -0.4 is 0 Å². The smallest absolute Gasteiger partial charge is 0.193 e. The van der Waals surface area contributed by atoms with Crippen LogP contribution in [0.1, 0.15) is 34.0 Å². The molecule has 0 radical (unpaired) electrons. The molecular weight excluding hydrogens is 268 g/mol. The molecule has 2 aromatic rings. The Morgan fingerprint density at radius 1 is 1.20 bits per heavy atom. The van der Waals surface area contributed by atoms with Gasteiger partial charge in [-0.3, -0.25) is 4.79 Å². The maximum absolute atomic E-state index is 12.5. The zero-order valence-corrected chi connectivity index (χ0v) is 12.4. The summed E-state index contributed by atoms with van der Waals surface area (Å²) in [5.74, 6) is 0.0431. The Kier molecular flexibility index (Phi) is 4.75. The molecular formula is C18H17ClO. The van der Waals surface area contributed by atoms with E-state index in [1.807, 2.05) is 50.3 Å². The van der Waals surface area contributed by atoms with Gasteiger partial charge in [-0.15, -0.1) is 0 Å². The third-order valence-corrected chi connectivity index (χ3v) is 3.45. The monoisotopic (exact) mass is 284 g/mol. The molecule has 0 fully saturated rings. The SMILES string of the molecule is CC=CCc1cccc(C(=O)c2ccc(Cl)cc2C)c1. The summed E-state index contributed by atoms with van der Waals surface area (Å²) >= 11 is 5.93. The number of carbonyl (C=O) groups is 1. The summed E-state index contributed by atoms with van der Waals surface area (Å²) < 4.78 is 0. The zero-order valence-electron chi connectivity index (χ0n) is 11.7. The molecule has 0 spiro atoms. The maximum Gasteiger partial charge on any atom is 0.193 e. The molecule has 2 heteroatoms. The van der Waals surface area contributed by atoms with Crippen LogP contribution in [0.5, 0.6) is 0 Å². The third kappa shape index (κ3) is 3.37. The second-order valence-corrected chi connectivity index (χ2v) is 5.20. The van der Waals surface area contributed by atoms with Crippen LogP contribution in [-0.4, -0.2) is 5.78 Å². The summed E-state index contributed by atoms with van der Waals surface area (Å²) in [5, 5.41) is 0.654. The van der Waals surface area contributed by atoms with Crippen LogP contribution in [0.25, 0.3) is 0 Å². The van der Waals surface area contributed by atoms with Crippen LogP contribution in [0.4, 0.5) is 0 Å². The van der Waals surface area contributed by atoms with E-state index >= 15 is 0 Å². The lowest BCUT2D eigenvalue weighted by Gasteiger charge is -2.07. The van der Waals surface area contributed by atoms with E-state index < -0.39 is 0 Å². The maximum atomic E-state index is 12.5. The van der Waals surface area contributed by atoms with E-state index in [1.54, 1.807) is 12.1 Å². The molecule has 0 aliphatic carbocycles. The fourth-order valence-corrected chi connectivity index (χ4v) is 2.36. The molecule has 0 aliphatic rings. The van der Waals surface area contributed by atoms with Crippen LogP contribution in [0.15, 0.2) is 54.6 Å². The fraction of sp³-hybridized carbons (Fsp3) is 0.167. The van der Waals surface area contributed by atoms with Gasteiger partial charge in [-0.1, -0.05) is 42.0 Å². The minimum Gasteiger partial charge on any atom is -0.289 e. The molecule has 20 heavy (non-hydrogen) atoms. The van der Waals surface area contributed by atoms with Crippen molar-refractivity contribution in [3.05, 3.63) is 81.9 Å². The van der Waals surface area contributed by atoms with E-state index in [1.165, 1.54) is 0 Å². The molecule has 0 atom stereocenters. The highest BCUT2D eigenvalue weighted by Gasteiger charge is 2.12. The first-order valence-corrected chi connectivity index (χ1v) is 7.00. The number of halogens is 1. The van der Waals surface area contributed by atoms with Gasteiger partial charge >= 0.3 is 0 Å². The molecule has 0 N–H and O–H groups in total. The quantitative estimate of drug-likeness (QED) is 0.570. The lowest BCUT2D eigenvalue weighted by Crippen LogP contribution is -2.04. The van der Waals surface area contributed by atoms with Crippen LogP contribution in [-0.2, 0) is 6.42 Å². The minimum atomic E-state index is 0.0431. The predicted molar refractivity (Wildman–Crippen MR) is 84.6 cm³/mol. The van der Waals surface area contributed by atoms with Crippen molar-refractivity contribution in [1.29, 1.82) is 0 Å². The molecule has 2 rings (SSSR count). The third-order valence-electron chi connectivity index (χ3n) is 3.21. The van der Waals surface area contributed by atoms with E-state index in [0.717, 1.165) is 23.1 Å². The summed E-state index contributed by atoms with van der Waals surface area (Å²) in [6, 6.07) is 13.1. The van der Waals surface area contributed by atoms with E-state index in [-0.39, 0.29) is 5.78 Å². The van der Waals surface area contributed by atoms with Crippen molar-refractivity contribution >= 4 is 17.4 Å². The molecule has 0 bridgehead atoms. The van der Waals surface area contributed by atoms with E-state index in [4.69, 9.17) is 11.6 Å². The van der Waals surface area contributed by atoms with Crippen LogP contribution in [0.2, 0.25) is 5.02 Å². The van der Waals surface area contributed by atoms with Crippen molar-refractivity contribution < 1.29 is 4.79 Å². The highest BCUT2D eigenvalue weighted by atomic mass is 35.5. The molecule has 2 aromatic carbocycles. The summed E-state index contributed by atoms with van der Waals surface area (Å²) in [6.45, 7) is 3.90. The number of hydrogen-bond donors (Lipinski definition) is 0. The number of carbonyl (C=O) groups excluding carboxylic acids is 1. The topological polar surface area (TPSA) is 17.1 Å². The minimum absolute atomic E-state index is 0.0431. The molecule has 102 valence electrons. The van der Waals surface area contributed by atoms with Gasteiger partial charge in [0.25, 0.3) is 0 Å². The molecule has 1 nitrogen and oxygen atoms in total. The summed E-state index contributed by atoms with van der Waals surface area (Å²) in [7, 11) is 0. The second kappa shape index (κ2) is 6.53. The molecule has 0 saturated heterocycles. The molecule has 0 amide bonds. The highest BCUT2D eigenvalue weighted by Crippen LogP contribution is 2.19. The molecule has 0 heterocycles. The molecule has 0 unspecified atom stereocenters. The van der Waals surface area contributed by atoms with Crippen LogP contribution in [0, 0.1) is 6.92 Å². The Morgan fingerprint density at radius 2 is 2.00 bits per heavy atom. The Balaban J connectivity index is 2.33. The van der Waals surface area contributed by atoms with Gasteiger partial charge in [-0.2, -0.15) is 0 Å². The zero-order chi connectivity index (χ0) is 14.5. The summed E-state index contributed by atoms with van der Waals surface area (Å²) in [4.78, 5) is 12.5. The Labute approximate surface area is 124 Å². The average molecular weight is 285 g/mol. The summed E-state index contributed by atoms with van der Waals surface area (Å²) in [5.41, 5.74) is 3.47. The largest absolute Gasteiger partial charge is 0.289 e. The number of aryl methyl sites for hydroxylation is 1. The van der Waals surface area contributed by atoms with Gasteiger partial charge in [0, 0.05) is 16.1 Å². The van der Waals surface area contributed by atoms with Crippen molar-refractivity contribution in [1.82, 2.24) is 0 Å². The predicted octanol–water partition coefficient (Wildman–Crippen LogP) is 5.00. The Morgan fingerprint density at radius 3 is 2.70 bits per heavy atom. The number of benzene rings is 2. The lowest BCUT2D eigenvalue weighted by atomic mass is 9.97. The van der Waals surface area contributed by atoms with Crippen LogP contribution >= 0.6 is 11.6 Å². The van der Waals surface area contributed by atoms with Crippen molar-refractivity contribution in [3.63, 3.8) is 0 Å². The van der Waals surface area contributed by atoms with Gasteiger partial charge in [-0.25, -0.2) is 0 Å². The van der Waals surface area contributed by atoms with Crippen molar-refractivity contribution in [3.8, 4) is 0 Å². The summed E-state index contributed by atoms with van der Waals surface area (Å²) in [6.07, 6.45) is 4.94. The molecule has 0 saturated carbocycles. The van der Waals surface area contributed by atoms with Gasteiger partial charge in [0.1, 0.15) is 0 Å². The number of hydrogen-bond acceptors (Lipinski definition) is 1. The van der Waals surface area contributed by atoms with Gasteiger partial charge < -0.3 is 0 Å². The molecule has 0 aromatic heterocycles. The Bertz CT molecular complexity index is 656. The number of allylic oxidation sites excluding steroid dienone is 2. The van der Waals surface area contributed by atoms with E-state index in [9.17, 15) is 4.79 Å². The highest BCUT2D eigenvalue weighted by molar-refractivity contribution is 6.30. The number of rotatable bonds is 4. The normalized spacial score (nSPS) is 10.9. The fourth-order valence-electron chi connectivity index (χ4n) is 2.13. The van der Waals surface area contributed by atoms with Gasteiger partial charge in [0.15, 0.2) is 5.78 Å². The average Bonchev–Trinajstić information content (AvgIpc) is 2.45. The van der Waals surface area contributed by atoms with Crippen LogP contribution in [0.3, 0.4) is 0 Å². The van der Waals surface area contributed by atoms with E-state index in [0.29, 0.717) is 10.6 Å². The van der Waals surface area contributed by atoms with Crippen molar-refractivity contribution in [2.45, 2.75) is 20.3 Å². The second-order valence-electron chi connectivity index (χ2n) is 4.76. The van der Waals surface area contributed by atoms with Crippen molar-refractivity contribution in [2.24, 2.45) is 0 Å². The van der Waals surface area contributed by atoms with Gasteiger partial charge in [0.2, 0.25) is 0 Å². The van der Waals surface area contributed by atoms with Gasteiger partial charge in [0.05, 0.1) is 0 Å². The first kappa shape index (κ1) is 14.5. The number of ketones is 1. The first-order valence-electron chi connectivity index (χ1n) is 6.62. The van der Waals surface area contributed by atoms with E-state index in [2.05, 4.69) is 6.08 Å². The van der Waals surface area contributed by atoms with Gasteiger partial charge in [-0.05, 0) is 55.7 Å².